The predicted octanol–water partition coefficient (Wildman–Crippen LogP) is 11.7. The molecule has 0 rings (SSSR count). The van der Waals surface area contributed by atoms with Gasteiger partial charge in [0.05, 0.1) is 0 Å². The fraction of sp³-hybridized carbons (Fsp3) is 0.941. The van der Waals surface area contributed by atoms with E-state index in [0.29, 0.717) is 12.8 Å². The number of rotatable bonds is 30. The van der Waals surface area contributed by atoms with Crippen LogP contribution >= 0.6 is 0 Å². The van der Waals surface area contributed by atoms with Crippen LogP contribution < -0.4 is 0 Å². The van der Waals surface area contributed by atoms with Gasteiger partial charge in [-0.1, -0.05) is 181 Å². The smallest absolute Gasteiger partial charge is 1.00 e. The van der Waals surface area contributed by atoms with E-state index >= 15 is 0 Å². The van der Waals surface area contributed by atoms with Crippen LogP contribution in [0.25, 0.3) is 0 Å². The Labute approximate surface area is 287 Å². The van der Waals surface area contributed by atoms with Crippen LogP contribution in [0.1, 0.15) is 209 Å². The van der Waals surface area contributed by atoms with Crippen molar-refractivity contribution in [2.45, 2.75) is 206 Å². The molecule has 0 aromatic carbocycles. The van der Waals surface area contributed by atoms with Gasteiger partial charge >= 0.3 is 60.8 Å². The number of carbonyl (C=O) groups is 2. The van der Waals surface area contributed by atoms with Crippen LogP contribution in [-0.2, 0) is 9.59 Å². The van der Waals surface area contributed by atoms with Crippen LogP contribution in [0.2, 0.25) is 0 Å². The van der Waals surface area contributed by atoms with Crippen LogP contribution in [0.5, 0.6) is 0 Å². The van der Waals surface area contributed by atoms with E-state index in [-0.39, 0.29) is 51.7 Å². The third-order valence-electron chi connectivity index (χ3n) is 7.49. The van der Waals surface area contributed by atoms with E-state index in [9.17, 15) is 9.59 Å². The Balaban J connectivity index is -0.000000197. The summed E-state index contributed by atoms with van der Waals surface area (Å²) >= 11 is 0. The van der Waals surface area contributed by atoms with Gasteiger partial charge < -0.3 is 13.1 Å². The van der Waals surface area contributed by atoms with Gasteiger partial charge in [0.25, 0.3) is 0 Å². The molecule has 232 valence electrons. The van der Waals surface area contributed by atoms with Crippen molar-refractivity contribution in [2.75, 3.05) is 0 Å². The second-order valence-corrected chi connectivity index (χ2v) is 11.5. The van der Waals surface area contributed by atoms with Crippen molar-refractivity contribution in [3.8, 4) is 0 Å². The fourth-order valence-corrected chi connectivity index (χ4v) is 4.94. The first kappa shape index (κ1) is 44.0. The molecule has 4 nitrogen and oxygen atoms in total. The maximum absolute atomic E-state index is 10.3. The number of carboxylic acids is 2. The zero-order chi connectivity index (χ0) is 28.4. The average Bonchev–Trinajstić information content (AvgIpc) is 2.89. The standard InChI is InChI=1S/C18H36O2.C16H32O2.Ba.2H/c1-2-3-4-5-6-7-8-9-10-11-12-13-14-15-16-17-18(19)20;1-2-3-4-5-6-7-8-9-10-11-12-13-14-15-16(17)18;;;/h2-17H2,1H3,(H,19,20);2-15H2,1H3,(H,17,18);;;/q;;+2;2*-1. The summed E-state index contributed by atoms with van der Waals surface area (Å²) in [5, 5.41) is 17.0. The number of carboxylic acid groups (broad SMARTS) is 2. The van der Waals surface area contributed by atoms with Crippen LogP contribution in [0.15, 0.2) is 0 Å². The quantitative estimate of drug-likeness (QED) is 0.0585. The molecule has 5 heteroatoms. The van der Waals surface area contributed by atoms with Crippen LogP contribution in [-0.4, -0.2) is 71.0 Å². The van der Waals surface area contributed by atoms with Gasteiger partial charge in [0, 0.05) is 12.8 Å². The van der Waals surface area contributed by atoms with Crippen molar-refractivity contribution >= 4 is 60.8 Å². The molecule has 0 heterocycles. The molecular weight excluding hydrogens is 610 g/mol. The summed E-state index contributed by atoms with van der Waals surface area (Å²) in [7, 11) is 0. The summed E-state index contributed by atoms with van der Waals surface area (Å²) in [6.45, 7) is 4.53. The Morgan fingerprint density at radius 2 is 0.513 bits per heavy atom. The van der Waals surface area contributed by atoms with Gasteiger partial charge in [-0.05, 0) is 12.8 Å². The van der Waals surface area contributed by atoms with Crippen molar-refractivity contribution in [1.82, 2.24) is 0 Å². The third-order valence-corrected chi connectivity index (χ3v) is 7.49. The molecule has 0 aliphatic carbocycles. The Kier molecular flexibility index (Phi) is 45.8. The minimum absolute atomic E-state index is 0. The van der Waals surface area contributed by atoms with E-state index in [0.717, 1.165) is 25.7 Å². The number of hydrogen-bond donors (Lipinski definition) is 2. The normalized spacial score (nSPS) is 10.5. The van der Waals surface area contributed by atoms with E-state index in [1.165, 1.54) is 154 Å². The van der Waals surface area contributed by atoms with Gasteiger partial charge in [-0.3, -0.25) is 9.59 Å². The van der Waals surface area contributed by atoms with Crippen molar-refractivity contribution in [3.05, 3.63) is 0 Å². The van der Waals surface area contributed by atoms with Crippen molar-refractivity contribution < 1.29 is 22.7 Å². The first-order valence-corrected chi connectivity index (χ1v) is 17.0. The molecule has 0 saturated heterocycles. The molecule has 0 unspecified atom stereocenters. The van der Waals surface area contributed by atoms with E-state index < -0.39 is 11.9 Å². The molecule has 0 bridgehead atoms. The maximum atomic E-state index is 10.3. The van der Waals surface area contributed by atoms with E-state index in [1.807, 2.05) is 0 Å². The second-order valence-electron chi connectivity index (χ2n) is 11.5. The zero-order valence-electron chi connectivity index (χ0n) is 28.6. The van der Waals surface area contributed by atoms with Crippen molar-refractivity contribution in [1.29, 1.82) is 0 Å². The number of hydrogen-bond acceptors (Lipinski definition) is 2. The van der Waals surface area contributed by atoms with Gasteiger partial charge in [0.1, 0.15) is 0 Å². The molecule has 0 aliphatic rings. The molecule has 0 atom stereocenters. The summed E-state index contributed by atoms with van der Waals surface area (Å²) in [6.07, 6.45) is 37.5. The van der Waals surface area contributed by atoms with Crippen molar-refractivity contribution in [2.24, 2.45) is 0 Å². The average molecular weight is 680 g/mol. The summed E-state index contributed by atoms with van der Waals surface area (Å²) in [6, 6.07) is 0. The zero-order valence-corrected chi connectivity index (χ0v) is 31.1. The second kappa shape index (κ2) is 40.6. The first-order chi connectivity index (χ1) is 18.5. The largest absolute Gasteiger partial charge is 2.00 e. The molecule has 0 amide bonds. The van der Waals surface area contributed by atoms with Crippen LogP contribution in [0, 0.1) is 0 Å². The summed E-state index contributed by atoms with van der Waals surface area (Å²) in [5.74, 6) is -1.31. The Morgan fingerprint density at radius 1 is 0.359 bits per heavy atom. The molecule has 2 N–H and O–H groups in total. The van der Waals surface area contributed by atoms with E-state index in [2.05, 4.69) is 13.8 Å². The Bertz CT molecular complexity index is 482. The number of unbranched alkanes of at least 4 members (excludes halogenated alkanes) is 26. The maximum Gasteiger partial charge on any atom is 2.00 e. The molecule has 39 heavy (non-hydrogen) atoms. The van der Waals surface area contributed by atoms with Gasteiger partial charge in [-0.2, -0.15) is 0 Å². The molecule has 0 aromatic rings. The molecule has 0 spiro atoms. The predicted molar refractivity (Wildman–Crippen MR) is 173 cm³/mol. The van der Waals surface area contributed by atoms with Crippen LogP contribution in [0.4, 0.5) is 0 Å². The van der Waals surface area contributed by atoms with E-state index in [4.69, 9.17) is 10.2 Å². The monoisotopic (exact) mass is 680 g/mol. The first-order valence-electron chi connectivity index (χ1n) is 17.0. The molecule has 0 saturated carbocycles. The number of aliphatic carboxylic acids is 2. The van der Waals surface area contributed by atoms with Crippen LogP contribution in [0.3, 0.4) is 0 Å². The summed E-state index contributed by atoms with van der Waals surface area (Å²) in [5.41, 5.74) is 0. The van der Waals surface area contributed by atoms with Gasteiger partial charge in [0.2, 0.25) is 0 Å². The minimum Gasteiger partial charge on any atom is -1.00 e. The Morgan fingerprint density at radius 3 is 0.667 bits per heavy atom. The van der Waals surface area contributed by atoms with Gasteiger partial charge in [-0.15, -0.1) is 0 Å². The van der Waals surface area contributed by atoms with E-state index in [1.54, 1.807) is 0 Å². The molecule has 0 aromatic heterocycles. The topological polar surface area (TPSA) is 74.6 Å². The Hall–Kier alpha value is 0.511. The minimum atomic E-state index is -0.655. The van der Waals surface area contributed by atoms with Gasteiger partial charge in [0.15, 0.2) is 0 Å². The fourth-order valence-electron chi connectivity index (χ4n) is 4.94. The van der Waals surface area contributed by atoms with Gasteiger partial charge in [-0.25, -0.2) is 0 Å². The SMILES string of the molecule is CCCCCCCCCCCCCCCC(=O)O.CCCCCCCCCCCCCCCCCC(=O)O.[Ba+2].[H-].[H-]. The molecular formula is C34H70BaO4. The molecule has 0 radical (unpaired) electrons. The third kappa shape index (κ3) is 48.6. The summed E-state index contributed by atoms with van der Waals surface area (Å²) in [4.78, 5) is 20.6. The summed E-state index contributed by atoms with van der Waals surface area (Å²) < 4.78 is 0. The van der Waals surface area contributed by atoms with Crippen molar-refractivity contribution in [3.63, 3.8) is 0 Å². The molecule has 0 fully saturated rings. The molecule has 0 aliphatic heterocycles.